The van der Waals surface area contributed by atoms with E-state index in [4.69, 9.17) is 0 Å². The molecule has 1 saturated heterocycles. The minimum atomic E-state index is -0.0892. The molecule has 1 aliphatic heterocycles. The van der Waals surface area contributed by atoms with Gasteiger partial charge in [0.15, 0.2) is 0 Å². The Bertz CT molecular complexity index is 212. The van der Waals surface area contributed by atoms with Crippen LogP contribution in [0, 0.1) is 0 Å². The molecule has 0 aromatic heterocycles. The van der Waals surface area contributed by atoms with Crippen LogP contribution >= 0.6 is 0 Å². The van der Waals surface area contributed by atoms with Crippen molar-refractivity contribution in [3.63, 3.8) is 0 Å². The third-order valence-electron chi connectivity index (χ3n) is 3.30. The quantitative estimate of drug-likeness (QED) is 0.722. The van der Waals surface area contributed by atoms with Gasteiger partial charge in [-0.05, 0) is 39.8 Å². The van der Waals surface area contributed by atoms with Crippen molar-refractivity contribution in [1.82, 2.24) is 15.5 Å². The van der Waals surface area contributed by atoms with Gasteiger partial charge in [-0.25, -0.2) is 0 Å². The van der Waals surface area contributed by atoms with E-state index >= 15 is 0 Å². The van der Waals surface area contributed by atoms with Crippen molar-refractivity contribution in [2.45, 2.75) is 45.2 Å². The fourth-order valence-corrected chi connectivity index (χ4v) is 2.07. The maximum atomic E-state index is 11.7. The largest absolute Gasteiger partial charge is 0.352 e. The monoisotopic (exact) mass is 227 g/mol. The van der Waals surface area contributed by atoms with Gasteiger partial charge < -0.3 is 15.5 Å². The smallest absolute Gasteiger partial charge is 0.237 e. The van der Waals surface area contributed by atoms with Crippen LogP contribution in [0.1, 0.15) is 33.1 Å². The Balaban J connectivity index is 2.24. The summed E-state index contributed by atoms with van der Waals surface area (Å²) in [5.74, 6) is 0.122. The third kappa shape index (κ3) is 4.10. The summed E-state index contributed by atoms with van der Waals surface area (Å²) in [5, 5.41) is 6.06. The topological polar surface area (TPSA) is 44.4 Å². The van der Waals surface area contributed by atoms with Gasteiger partial charge >= 0.3 is 0 Å². The zero-order valence-corrected chi connectivity index (χ0v) is 10.8. The van der Waals surface area contributed by atoms with E-state index in [-0.39, 0.29) is 11.9 Å². The predicted molar refractivity (Wildman–Crippen MR) is 66.4 cm³/mol. The van der Waals surface area contributed by atoms with E-state index < -0.39 is 0 Å². The molecule has 1 fully saturated rings. The molecule has 1 amide bonds. The molecule has 0 spiro atoms. The summed E-state index contributed by atoms with van der Waals surface area (Å²) in [6.07, 6.45) is 3.39. The first-order chi connectivity index (χ1) is 7.67. The van der Waals surface area contributed by atoms with E-state index in [0.717, 1.165) is 25.9 Å². The zero-order chi connectivity index (χ0) is 12.0. The molecule has 0 radical (unpaired) electrons. The van der Waals surface area contributed by atoms with E-state index in [1.54, 1.807) is 0 Å². The first kappa shape index (κ1) is 13.5. The molecule has 1 atom stereocenters. The van der Waals surface area contributed by atoms with Gasteiger partial charge in [0.1, 0.15) is 0 Å². The molecule has 1 heterocycles. The van der Waals surface area contributed by atoms with Crippen LogP contribution in [0.4, 0.5) is 0 Å². The molecule has 1 rings (SSSR count). The number of nitrogens with zero attached hydrogens (tertiary/aromatic N) is 1. The van der Waals surface area contributed by atoms with Crippen molar-refractivity contribution in [2.24, 2.45) is 0 Å². The van der Waals surface area contributed by atoms with Gasteiger partial charge in [-0.3, -0.25) is 4.79 Å². The highest BCUT2D eigenvalue weighted by Gasteiger charge is 2.21. The number of piperidine rings is 1. The highest BCUT2D eigenvalue weighted by molar-refractivity contribution is 5.81. The first-order valence-corrected chi connectivity index (χ1v) is 6.37. The van der Waals surface area contributed by atoms with Crippen molar-refractivity contribution < 1.29 is 4.79 Å². The Morgan fingerprint density at radius 3 is 2.56 bits per heavy atom. The normalized spacial score (nSPS) is 20.7. The Hall–Kier alpha value is -0.610. The van der Waals surface area contributed by atoms with Crippen molar-refractivity contribution in [3.05, 3.63) is 0 Å². The van der Waals surface area contributed by atoms with Crippen LogP contribution in [0.3, 0.4) is 0 Å². The van der Waals surface area contributed by atoms with E-state index in [9.17, 15) is 4.79 Å². The van der Waals surface area contributed by atoms with Gasteiger partial charge in [0, 0.05) is 19.1 Å². The van der Waals surface area contributed by atoms with Crippen LogP contribution in [0.15, 0.2) is 0 Å². The Kier molecular flexibility index (Phi) is 5.77. The van der Waals surface area contributed by atoms with Gasteiger partial charge in [-0.2, -0.15) is 0 Å². The maximum absolute atomic E-state index is 11.7. The van der Waals surface area contributed by atoms with Gasteiger partial charge in [0.25, 0.3) is 0 Å². The molecule has 0 bridgehead atoms. The molecule has 4 heteroatoms. The molecule has 0 aromatic carbocycles. The molecule has 1 unspecified atom stereocenters. The molecule has 94 valence electrons. The summed E-state index contributed by atoms with van der Waals surface area (Å²) < 4.78 is 0. The average molecular weight is 227 g/mol. The van der Waals surface area contributed by atoms with E-state index in [2.05, 4.69) is 22.5 Å². The van der Waals surface area contributed by atoms with Gasteiger partial charge in [-0.15, -0.1) is 0 Å². The fraction of sp³-hybridized carbons (Fsp3) is 0.917. The minimum Gasteiger partial charge on any atom is -0.352 e. The SMILES string of the molecule is CCCN1CCC(NC(=O)C(C)NC)CC1. The molecular weight excluding hydrogens is 202 g/mol. The van der Waals surface area contributed by atoms with Crippen LogP contribution < -0.4 is 10.6 Å². The van der Waals surface area contributed by atoms with Crippen molar-refractivity contribution in [2.75, 3.05) is 26.7 Å². The number of amides is 1. The number of hydrogen-bond acceptors (Lipinski definition) is 3. The predicted octanol–water partition coefficient (Wildman–Crippen LogP) is 0.585. The Morgan fingerprint density at radius 1 is 1.44 bits per heavy atom. The van der Waals surface area contributed by atoms with Crippen LogP contribution in [0.25, 0.3) is 0 Å². The van der Waals surface area contributed by atoms with Gasteiger partial charge in [0.2, 0.25) is 5.91 Å². The van der Waals surface area contributed by atoms with E-state index in [1.165, 1.54) is 13.0 Å². The molecule has 16 heavy (non-hydrogen) atoms. The number of hydrogen-bond donors (Lipinski definition) is 2. The highest BCUT2D eigenvalue weighted by Crippen LogP contribution is 2.10. The lowest BCUT2D eigenvalue weighted by Gasteiger charge is -2.32. The van der Waals surface area contributed by atoms with E-state index in [1.807, 2.05) is 14.0 Å². The summed E-state index contributed by atoms with van der Waals surface area (Å²) in [5.41, 5.74) is 0. The van der Waals surface area contributed by atoms with Crippen LogP contribution in [0.5, 0.6) is 0 Å². The van der Waals surface area contributed by atoms with Crippen LogP contribution in [-0.2, 0) is 4.79 Å². The van der Waals surface area contributed by atoms with Crippen molar-refractivity contribution >= 4 is 5.91 Å². The summed E-state index contributed by atoms with van der Waals surface area (Å²) >= 11 is 0. The van der Waals surface area contributed by atoms with Crippen molar-refractivity contribution in [3.8, 4) is 0 Å². The minimum absolute atomic E-state index is 0.0892. The maximum Gasteiger partial charge on any atom is 0.237 e. The molecule has 2 N–H and O–H groups in total. The lowest BCUT2D eigenvalue weighted by Crippen LogP contribution is -2.49. The summed E-state index contributed by atoms with van der Waals surface area (Å²) in [6, 6.07) is 0.282. The number of carbonyl (C=O) groups is 1. The summed E-state index contributed by atoms with van der Waals surface area (Å²) in [7, 11) is 1.81. The average Bonchev–Trinajstić information content (AvgIpc) is 2.31. The molecular formula is C12H25N3O. The lowest BCUT2D eigenvalue weighted by atomic mass is 10.0. The van der Waals surface area contributed by atoms with Gasteiger partial charge in [0.05, 0.1) is 6.04 Å². The Morgan fingerprint density at radius 2 is 2.06 bits per heavy atom. The molecule has 0 saturated carbocycles. The second kappa shape index (κ2) is 6.86. The highest BCUT2D eigenvalue weighted by atomic mass is 16.2. The number of likely N-dealkylation sites (tertiary alicyclic amines) is 1. The second-order valence-electron chi connectivity index (χ2n) is 4.63. The first-order valence-electron chi connectivity index (χ1n) is 6.37. The van der Waals surface area contributed by atoms with Crippen molar-refractivity contribution in [1.29, 1.82) is 0 Å². The number of rotatable bonds is 5. The number of likely N-dealkylation sites (N-methyl/N-ethyl adjacent to an activating group) is 1. The molecule has 4 nitrogen and oxygen atoms in total. The Labute approximate surface area is 98.8 Å². The lowest BCUT2D eigenvalue weighted by molar-refractivity contribution is -0.123. The van der Waals surface area contributed by atoms with Crippen LogP contribution in [-0.4, -0.2) is 49.6 Å². The fourth-order valence-electron chi connectivity index (χ4n) is 2.07. The summed E-state index contributed by atoms with van der Waals surface area (Å²) in [6.45, 7) is 7.52. The van der Waals surface area contributed by atoms with E-state index in [0.29, 0.717) is 6.04 Å². The summed E-state index contributed by atoms with van der Waals surface area (Å²) in [4.78, 5) is 14.1. The standard InChI is InChI=1S/C12H25N3O/c1-4-7-15-8-5-11(6-9-15)14-12(16)10(2)13-3/h10-11,13H,4-9H2,1-3H3,(H,14,16). The number of carbonyl (C=O) groups excluding carboxylic acids is 1. The second-order valence-corrected chi connectivity index (χ2v) is 4.63. The zero-order valence-electron chi connectivity index (χ0n) is 10.8. The van der Waals surface area contributed by atoms with Gasteiger partial charge in [-0.1, -0.05) is 6.92 Å². The molecule has 0 aliphatic carbocycles. The molecule has 1 aliphatic rings. The third-order valence-corrected chi connectivity index (χ3v) is 3.30. The number of nitrogens with one attached hydrogen (secondary N) is 2. The van der Waals surface area contributed by atoms with Crippen LogP contribution in [0.2, 0.25) is 0 Å². The molecule has 0 aromatic rings.